The number of rotatable bonds is 5. The number of urea groups is 1. The Hall–Kier alpha value is -2.98. The van der Waals surface area contributed by atoms with Gasteiger partial charge in [-0.15, -0.1) is 0 Å². The highest BCUT2D eigenvalue weighted by atomic mass is 35.5. The molecular weight excluding hydrogens is 441 g/mol. The molecule has 0 aromatic heterocycles. The van der Waals surface area contributed by atoms with Gasteiger partial charge in [-0.2, -0.15) is 13.2 Å². The van der Waals surface area contributed by atoms with Crippen molar-refractivity contribution in [2.45, 2.75) is 24.9 Å². The molecule has 3 atom stereocenters. The van der Waals surface area contributed by atoms with Crippen LogP contribution in [-0.2, 0) is 10.5 Å². The van der Waals surface area contributed by atoms with Gasteiger partial charge < -0.3 is 25.6 Å². The van der Waals surface area contributed by atoms with Crippen LogP contribution >= 0.6 is 11.6 Å². The first-order valence-electron chi connectivity index (χ1n) is 9.11. The number of aromatic hydroxyl groups is 1. The van der Waals surface area contributed by atoms with Crippen LogP contribution in [0.5, 0.6) is 11.5 Å². The van der Waals surface area contributed by atoms with Crippen molar-refractivity contribution in [1.82, 2.24) is 10.6 Å². The zero-order valence-corrected chi connectivity index (χ0v) is 16.8. The predicted octanol–water partition coefficient (Wildman–Crippen LogP) is 3.39. The van der Waals surface area contributed by atoms with Gasteiger partial charge in [0.15, 0.2) is 17.2 Å². The molecule has 0 spiro atoms. The third-order valence-corrected chi connectivity index (χ3v) is 5.12. The smallest absolute Gasteiger partial charge is 0.450 e. The molecule has 1 heterocycles. The number of phenolic OH excluding ortho intramolecular Hbond substituents is 1. The van der Waals surface area contributed by atoms with Gasteiger partial charge in [0, 0.05) is 10.6 Å². The van der Waals surface area contributed by atoms with E-state index in [1.54, 1.807) is 6.92 Å². The van der Waals surface area contributed by atoms with Crippen LogP contribution in [0.15, 0.2) is 42.5 Å². The quantitative estimate of drug-likeness (QED) is 0.549. The van der Waals surface area contributed by atoms with Gasteiger partial charge >= 0.3 is 12.2 Å². The van der Waals surface area contributed by atoms with Crippen LogP contribution in [0.4, 0.5) is 18.0 Å². The summed E-state index contributed by atoms with van der Waals surface area (Å²) in [5.74, 6) is -4.79. The van der Waals surface area contributed by atoms with E-state index in [0.29, 0.717) is 0 Å². The lowest BCUT2D eigenvalue weighted by atomic mass is 9.76. The van der Waals surface area contributed by atoms with Crippen molar-refractivity contribution >= 4 is 23.4 Å². The Bertz CT molecular complexity index is 999. The first kappa shape index (κ1) is 22.7. The lowest BCUT2D eigenvalue weighted by molar-refractivity contribution is -0.190. The number of halogens is 4. The van der Waals surface area contributed by atoms with Gasteiger partial charge in [0.05, 0.1) is 12.6 Å². The number of nitrogens with one attached hydrogen (secondary N) is 2. The van der Waals surface area contributed by atoms with Gasteiger partial charge in [0.1, 0.15) is 5.92 Å². The minimum atomic E-state index is -5.31. The molecule has 0 bridgehead atoms. The van der Waals surface area contributed by atoms with E-state index in [-0.39, 0.29) is 34.3 Å². The molecule has 0 radical (unpaired) electrons. The van der Waals surface area contributed by atoms with E-state index in [4.69, 9.17) is 16.3 Å². The topological polar surface area (TPSA) is 108 Å². The van der Waals surface area contributed by atoms with E-state index in [1.165, 1.54) is 36.4 Å². The van der Waals surface area contributed by atoms with Crippen LogP contribution in [0.2, 0.25) is 5.02 Å². The summed E-state index contributed by atoms with van der Waals surface area (Å²) in [6.45, 7) is 1.78. The van der Waals surface area contributed by atoms with E-state index < -0.39 is 35.7 Å². The fourth-order valence-electron chi connectivity index (χ4n) is 3.50. The summed E-state index contributed by atoms with van der Waals surface area (Å²) < 4.78 is 45.8. The van der Waals surface area contributed by atoms with Crippen molar-refractivity contribution in [1.29, 1.82) is 0 Å². The number of phenols is 1. The number of aliphatic hydroxyl groups is 1. The maximum atomic E-state index is 13.5. The molecule has 31 heavy (non-hydrogen) atoms. The van der Waals surface area contributed by atoms with Crippen LogP contribution in [0, 0.1) is 5.92 Å². The predicted molar refractivity (Wildman–Crippen MR) is 104 cm³/mol. The van der Waals surface area contributed by atoms with Crippen LogP contribution in [-0.4, -0.2) is 34.8 Å². The highest BCUT2D eigenvalue weighted by Gasteiger charge is 2.59. The molecule has 0 aliphatic carbocycles. The molecule has 2 aromatic rings. The third-order valence-electron chi connectivity index (χ3n) is 4.86. The lowest BCUT2D eigenvalue weighted by Gasteiger charge is -2.45. The number of alkyl halides is 3. The summed E-state index contributed by atoms with van der Waals surface area (Å²) in [6, 6.07) is 6.03. The summed E-state index contributed by atoms with van der Waals surface area (Å²) in [4.78, 5) is 24.8. The van der Waals surface area contributed by atoms with Crippen LogP contribution < -0.4 is 15.4 Å². The van der Waals surface area contributed by atoms with Crippen LogP contribution in [0.1, 0.15) is 24.1 Å². The van der Waals surface area contributed by atoms with E-state index in [2.05, 4.69) is 5.32 Å². The maximum absolute atomic E-state index is 13.5. The van der Waals surface area contributed by atoms with Gasteiger partial charge in [-0.1, -0.05) is 29.8 Å². The molecule has 7 nitrogen and oxygen atoms in total. The lowest BCUT2D eigenvalue weighted by Crippen LogP contribution is -2.66. The van der Waals surface area contributed by atoms with E-state index in [9.17, 15) is 33.0 Å². The first-order chi connectivity index (χ1) is 14.5. The van der Waals surface area contributed by atoms with Gasteiger partial charge in [0.25, 0.3) is 0 Å². The van der Waals surface area contributed by atoms with Gasteiger partial charge in [-0.05, 0) is 36.8 Å². The van der Waals surface area contributed by atoms with Crippen LogP contribution in [0.3, 0.4) is 0 Å². The Balaban J connectivity index is 2.19. The van der Waals surface area contributed by atoms with E-state index in [1.807, 2.05) is 5.32 Å². The highest BCUT2D eigenvalue weighted by Crippen LogP contribution is 2.44. The van der Waals surface area contributed by atoms with Crippen molar-refractivity contribution in [3.63, 3.8) is 0 Å². The van der Waals surface area contributed by atoms with Gasteiger partial charge in [-0.25, -0.2) is 4.79 Å². The second-order valence-electron chi connectivity index (χ2n) is 6.85. The number of carbonyl (C=O) groups excluding carboxylic acids is 2. The molecule has 2 amide bonds. The molecule has 1 saturated heterocycles. The Kier molecular flexibility index (Phi) is 6.06. The van der Waals surface area contributed by atoms with E-state index >= 15 is 0 Å². The van der Waals surface area contributed by atoms with Gasteiger partial charge in [-0.3, -0.25) is 4.79 Å². The highest BCUT2D eigenvalue weighted by molar-refractivity contribution is 6.30. The number of amides is 2. The Morgan fingerprint density at radius 1 is 1.23 bits per heavy atom. The minimum absolute atomic E-state index is 0.0195. The maximum Gasteiger partial charge on any atom is 0.450 e. The molecule has 1 aliphatic rings. The number of benzene rings is 2. The van der Waals surface area contributed by atoms with Crippen molar-refractivity contribution in [3.8, 4) is 11.5 Å². The van der Waals surface area contributed by atoms with Crippen molar-refractivity contribution in [3.05, 3.63) is 58.6 Å². The molecule has 2 aromatic carbocycles. The molecule has 4 N–H and O–H groups in total. The fraction of sp³-hybridized carbons (Fsp3) is 0.300. The summed E-state index contributed by atoms with van der Waals surface area (Å²) in [7, 11) is 0. The summed E-state index contributed by atoms with van der Waals surface area (Å²) in [5.41, 5.74) is -2.84. The molecule has 1 fully saturated rings. The minimum Gasteiger partial charge on any atom is -0.504 e. The van der Waals surface area contributed by atoms with Crippen molar-refractivity contribution < 1.29 is 37.7 Å². The number of ketones is 1. The Morgan fingerprint density at radius 2 is 1.87 bits per heavy atom. The summed E-state index contributed by atoms with van der Waals surface area (Å²) in [6.07, 6.45) is -5.31. The monoisotopic (exact) mass is 458 g/mol. The zero-order valence-electron chi connectivity index (χ0n) is 16.0. The molecule has 166 valence electrons. The third kappa shape index (κ3) is 4.40. The Morgan fingerprint density at radius 3 is 2.45 bits per heavy atom. The number of ether oxygens (including phenoxy) is 1. The molecule has 0 unspecified atom stereocenters. The van der Waals surface area contributed by atoms with Crippen molar-refractivity contribution in [2.75, 3.05) is 6.61 Å². The number of carbonyl (C=O) groups is 2. The number of hydrogen-bond donors (Lipinski definition) is 4. The van der Waals surface area contributed by atoms with Crippen LogP contribution in [0.25, 0.3) is 0 Å². The zero-order chi connectivity index (χ0) is 23.0. The molecular formula is C20H18ClF3N2O5. The second-order valence-corrected chi connectivity index (χ2v) is 7.29. The molecule has 0 saturated carbocycles. The number of Topliss-reactive ketones (excluding diaryl/α,β-unsaturated/α-hetero) is 1. The Labute approximate surface area is 179 Å². The average Bonchev–Trinajstić information content (AvgIpc) is 2.68. The van der Waals surface area contributed by atoms with Crippen molar-refractivity contribution in [2.24, 2.45) is 5.92 Å². The average molecular weight is 459 g/mol. The summed E-state index contributed by atoms with van der Waals surface area (Å²) in [5, 5.41) is 25.7. The van der Waals surface area contributed by atoms with E-state index in [0.717, 1.165) is 6.07 Å². The standard InChI is InChI=1S/C20H18ClF3N2O5/c1-2-31-14-9-10(3-8-13(14)27)16-15(17(28)20(22,23)24)19(30,26-18(29)25-16)11-4-6-12(21)7-5-11/h3-9,15-16,27,30H,2H2,1H3,(H2,25,26,29)/t15-,16+,19-/m1/s1. The van der Waals surface area contributed by atoms with Gasteiger partial charge in [0.2, 0.25) is 5.78 Å². The summed E-state index contributed by atoms with van der Waals surface area (Å²) >= 11 is 5.82. The second kappa shape index (κ2) is 8.27. The SMILES string of the molecule is CCOc1cc([C@@H]2NC(=O)N[C@@](O)(c3ccc(Cl)cc3)[C@H]2C(=O)C(F)(F)F)ccc1O. The largest absolute Gasteiger partial charge is 0.504 e. The first-order valence-corrected chi connectivity index (χ1v) is 9.49. The number of hydrogen-bond acceptors (Lipinski definition) is 5. The molecule has 11 heteroatoms. The fourth-order valence-corrected chi connectivity index (χ4v) is 3.62. The normalized spacial score (nSPS) is 23.6. The molecule has 3 rings (SSSR count). The molecule has 1 aliphatic heterocycles.